The summed E-state index contributed by atoms with van der Waals surface area (Å²) < 4.78 is 5.34. The van der Waals surface area contributed by atoms with E-state index >= 15 is 0 Å². The maximum atomic E-state index is 12.0. The number of ether oxygens (including phenoxy) is 1. The smallest absolute Gasteiger partial charge is 0.315 e. The summed E-state index contributed by atoms with van der Waals surface area (Å²) in [6, 6.07) is 4.00. The second kappa shape index (κ2) is 8.69. The molecule has 1 saturated heterocycles. The van der Waals surface area contributed by atoms with E-state index in [9.17, 15) is 4.79 Å². The largest absolute Gasteiger partial charge is 0.379 e. The van der Waals surface area contributed by atoms with Crippen LogP contribution in [0.5, 0.6) is 0 Å². The second-order valence-corrected chi connectivity index (χ2v) is 5.94. The zero-order valence-electron chi connectivity index (χ0n) is 14.2. The van der Waals surface area contributed by atoms with Crippen molar-refractivity contribution in [2.45, 2.75) is 19.5 Å². The van der Waals surface area contributed by atoms with Gasteiger partial charge in [-0.25, -0.2) is 9.78 Å². The highest BCUT2D eigenvalue weighted by Gasteiger charge is 2.17. The fraction of sp³-hybridized carbons (Fsp3) is 0.625. The Kier molecular flexibility index (Phi) is 6.61. The Balaban J connectivity index is 1.75. The molecule has 0 aromatic carbocycles. The summed E-state index contributed by atoms with van der Waals surface area (Å²) in [5.41, 5.74) is 0.994. The van der Waals surface area contributed by atoms with Crippen LogP contribution in [-0.2, 0) is 11.3 Å². The molecule has 1 aliphatic rings. The molecule has 1 aliphatic heterocycles. The van der Waals surface area contributed by atoms with Crippen LogP contribution in [0.15, 0.2) is 18.3 Å². The van der Waals surface area contributed by atoms with E-state index in [4.69, 9.17) is 4.74 Å². The first-order valence-corrected chi connectivity index (χ1v) is 8.02. The van der Waals surface area contributed by atoms with Crippen molar-refractivity contribution in [2.75, 3.05) is 51.8 Å². The van der Waals surface area contributed by atoms with Crippen LogP contribution >= 0.6 is 0 Å². The van der Waals surface area contributed by atoms with E-state index in [0.29, 0.717) is 19.1 Å². The van der Waals surface area contributed by atoms with Gasteiger partial charge in [0.05, 0.1) is 13.2 Å². The van der Waals surface area contributed by atoms with E-state index in [2.05, 4.69) is 27.4 Å². The van der Waals surface area contributed by atoms with E-state index < -0.39 is 0 Å². The number of nitrogens with one attached hydrogen (secondary N) is 2. The van der Waals surface area contributed by atoms with Crippen LogP contribution in [0.25, 0.3) is 0 Å². The molecule has 1 atom stereocenters. The lowest BCUT2D eigenvalue weighted by Crippen LogP contribution is -2.48. The third-order valence-corrected chi connectivity index (χ3v) is 3.96. The van der Waals surface area contributed by atoms with Gasteiger partial charge in [0.1, 0.15) is 5.82 Å². The minimum atomic E-state index is -0.154. The number of morpholine rings is 1. The van der Waals surface area contributed by atoms with Crippen LogP contribution in [0, 0.1) is 0 Å². The van der Waals surface area contributed by atoms with Gasteiger partial charge in [-0.3, -0.25) is 4.90 Å². The van der Waals surface area contributed by atoms with Gasteiger partial charge in [0.25, 0.3) is 0 Å². The predicted molar refractivity (Wildman–Crippen MR) is 90.7 cm³/mol. The summed E-state index contributed by atoms with van der Waals surface area (Å²) in [6.45, 7) is 6.59. The van der Waals surface area contributed by atoms with Crippen molar-refractivity contribution in [3.8, 4) is 0 Å². The average molecular weight is 321 g/mol. The molecule has 1 aromatic rings. The third-order valence-electron chi connectivity index (χ3n) is 3.96. The van der Waals surface area contributed by atoms with Crippen LogP contribution in [0.1, 0.15) is 12.5 Å². The fourth-order valence-electron chi connectivity index (χ4n) is 2.60. The Morgan fingerprint density at radius 3 is 2.83 bits per heavy atom. The van der Waals surface area contributed by atoms with Crippen LogP contribution in [0.3, 0.4) is 0 Å². The number of carbonyl (C=O) groups is 1. The molecule has 1 fully saturated rings. The van der Waals surface area contributed by atoms with Crippen LogP contribution in [-0.4, -0.2) is 68.9 Å². The van der Waals surface area contributed by atoms with Gasteiger partial charge in [0, 0.05) is 58.1 Å². The molecule has 2 amide bonds. The van der Waals surface area contributed by atoms with Crippen molar-refractivity contribution in [3.63, 3.8) is 0 Å². The van der Waals surface area contributed by atoms with Gasteiger partial charge in [-0.15, -0.1) is 0 Å². The molecule has 128 valence electrons. The molecule has 7 nitrogen and oxygen atoms in total. The summed E-state index contributed by atoms with van der Waals surface area (Å²) in [5.74, 6) is 0.870. The van der Waals surface area contributed by atoms with Gasteiger partial charge in [-0.2, -0.15) is 0 Å². The minimum Gasteiger partial charge on any atom is -0.379 e. The molecule has 0 unspecified atom stereocenters. The number of anilines is 1. The average Bonchev–Trinajstić information content (AvgIpc) is 2.58. The predicted octanol–water partition coefficient (Wildman–Crippen LogP) is 0.668. The summed E-state index contributed by atoms with van der Waals surface area (Å²) in [6.07, 6.45) is 1.75. The first-order valence-electron chi connectivity index (χ1n) is 8.02. The lowest BCUT2D eigenvalue weighted by molar-refractivity contribution is 0.0209. The van der Waals surface area contributed by atoms with E-state index in [0.717, 1.165) is 37.7 Å². The number of pyridine rings is 1. The number of hydrogen-bond donors (Lipinski definition) is 2. The van der Waals surface area contributed by atoms with Gasteiger partial charge < -0.3 is 20.3 Å². The van der Waals surface area contributed by atoms with Crippen LogP contribution < -0.4 is 15.5 Å². The number of hydrogen-bond acceptors (Lipinski definition) is 5. The molecule has 1 aromatic heterocycles. The highest BCUT2D eigenvalue weighted by atomic mass is 16.5. The van der Waals surface area contributed by atoms with Crippen molar-refractivity contribution in [1.29, 1.82) is 0 Å². The Bertz CT molecular complexity index is 503. The molecule has 2 rings (SSSR count). The molecule has 0 aliphatic carbocycles. The number of aromatic nitrogens is 1. The number of nitrogens with zero attached hydrogens (tertiary/aromatic N) is 3. The van der Waals surface area contributed by atoms with Crippen LogP contribution in [0.4, 0.5) is 10.6 Å². The summed E-state index contributed by atoms with van der Waals surface area (Å²) in [5, 5.41) is 5.82. The number of rotatable bonds is 6. The third kappa shape index (κ3) is 5.37. The summed E-state index contributed by atoms with van der Waals surface area (Å²) in [4.78, 5) is 20.6. The van der Waals surface area contributed by atoms with E-state index in [1.165, 1.54) is 0 Å². The lowest BCUT2D eigenvalue weighted by Gasteiger charge is -2.32. The summed E-state index contributed by atoms with van der Waals surface area (Å²) in [7, 11) is 3.88. The van der Waals surface area contributed by atoms with Crippen molar-refractivity contribution in [1.82, 2.24) is 20.5 Å². The van der Waals surface area contributed by atoms with Gasteiger partial charge in [0.2, 0.25) is 0 Å². The Morgan fingerprint density at radius 2 is 2.13 bits per heavy atom. The topological polar surface area (TPSA) is 69.7 Å². The number of urea groups is 1. The van der Waals surface area contributed by atoms with E-state index in [1.807, 2.05) is 31.1 Å². The first kappa shape index (κ1) is 17.5. The number of carbonyl (C=O) groups excluding carboxylic acids is 1. The molecule has 2 N–H and O–H groups in total. The number of amides is 2. The zero-order chi connectivity index (χ0) is 16.7. The second-order valence-electron chi connectivity index (χ2n) is 5.94. The van der Waals surface area contributed by atoms with Crippen LogP contribution in [0.2, 0.25) is 0 Å². The highest BCUT2D eigenvalue weighted by Crippen LogP contribution is 2.13. The molecule has 0 radical (unpaired) electrons. The molecule has 2 heterocycles. The van der Waals surface area contributed by atoms with Crippen molar-refractivity contribution >= 4 is 11.8 Å². The van der Waals surface area contributed by atoms with Gasteiger partial charge in [-0.05, 0) is 13.0 Å². The van der Waals surface area contributed by atoms with Crippen molar-refractivity contribution < 1.29 is 9.53 Å². The quantitative estimate of drug-likeness (QED) is 0.806. The minimum absolute atomic E-state index is 0.154. The molecule has 23 heavy (non-hydrogen) atoms. The molecular weight excluding hydrogens is 294 g/mol. The molecule has 7 heteroatoms. The Hall–Kier alpha value is -1.86. The lowest BCUT2D eigenvalue weighted by atomic mass is 10.2. The maximum absolute atomic E-state index is 12.0. The fourth-order valence-corrected chi connectivity index (χ4v) is 2.60. The standard InChI is InChI=1S/C16H27N5O2/c1-13(21-7-9-23-10-8-21)11-18-16(22)19-12-14-5-4-6-17-15(14)20(2)3/h4-6,13H,7-12H2,1-3H3,(H2,18,19,22)/t13-/m1/s1. The first-order chi connectivity index (χ1) is 11.1. The molecular formula is C16H27N5O2. The van der Waals surface area contributed by atoms with Gasteiger partial charge in [-0.1, -0.05) is 6.07 Å². The normalized spacial score (nSPS) is 16.7. The molecule has 0 saturated carbocycles. The molecule has 0 bridgehead atoms. The Morgan fingerprint density at radius 1 is 1.39 bits per heavy atom. The van der Waals surface area contributed by atoms with Crippen molar-refractivity contribution in [2.24, 2.45) is 0 Å². The monoisotopic (exact) mass is 321 g/mol. The highest BCUT2D eigenvalue weighted by molar-refractivity contribution is 5.74. The molecule has 0 spiro atoms. The van der Waals surface area contributed by atoms with Gasteiger partial charge in [0.15, 0.2) is 0 Å². The Labute approximate surface area is 138 Å². The van der Waals surface area contributed by atoms with Crippen molar-refractivity contribution in [3.05, 3.63) is 23.9 Å². The van der Waals surface area contributed by atoms with E-state index in [-0.39, 0.29) is 6.03 Å². The van der Waals surface area contributed by atoms with Gasteiger partial charge >= 0.3 is 6.03 Å². The zero-order valence-corrected chi connectivity index (χ0v) is 14.2. The maximum Gasteiger partial charge on any atom is 0.315 e. The SMILES string of the molecule is C[C@H](CNC(=O)NCc1cccnc1N(C)C)N1CCOCC1. The van der Waals surface area contributed by atoms with E-state index in [1.54, 1.807) is 6.20 Å². The summed E-state index contributed by atoms with van der Waals surface area (Å²) >= 11 is 0.